The van der Waals surface area contributed by atoms with Crippen LogP contribution in [-0.2, 0) is 0 Å². The summed E-state index contributed by atoms with van der Waals surface area (Å²) in [6.45, 7) is 11.9. The largest absolute Gasteiger partial charge is 0.385 e. The molecule has 48 heavy (non-hydrogen) atoms. The third-order valence-corrected chi connectivity index (χ3v) is 9.12. The van der Waals surface area contributed by atoms with Gasteiger partial charge in [0.1, 0.15) is 0 Å². The third kappa shape index (κ3) is 7.47. The first-order chi connectivity index (χ1) is 23.4. The summed E-state index contributed by atoms with van der Waals surface area (Å²) < 4.78 is 0. The predicted molar refractivity (Wildman–Crippen MR) is 208 cm³/mol. The van der Waals surface area contributed by atoms with Gasteiger partial charge in [0.25, 0.3) is 0 Å². The van der Waals surface area contributed by atoms with Crippen molar-refractivity contribution in [3.05, 3.63) is 162 Å². The van der Waals surface area contributed by atoms with Gasteiger partial charge in [0.15, 0.2) is 0 Å². The first-order valence-electron chi connectivity index (χ1n) is 17.3. The molecule has 3 nitrogen and oxygen atoms in total. The van der Waals surface area contributed by atoms with E-state index < -0.39 is 0 Å². The maximum absolute atomic E-state index is 3.41. The van der Waals surface area contributed by atoms with Crippen molar-refractivity contribution in [2.24, 2.45) is 0 Å². The summed E-state index contributed by atoms with van der Waals surface area (Å²) >= 11 is 0. The Bertz CT molecular complexity index is 1870. The van der Waals surface area contributed by atoms with Crippen molar-refractivity contribution in [1.29, 1.82) is 0 Å². The second-order valence-electron chi connectivity index (χ2n) is 12.8. The Morgan fingerprint density at radius 2 is 0.792 bits per heavy atom. The van der Waals surface area contributed by atoms with Crippen LogP contribution in [0.15, 0.2) is 146 Å². The molecule has 0 aliphatic carbocycles. The standard InChI is InChI=1S/C45H47N3/c1-6-8-35(5)36-13-25-42(26-14-36)47(40-21-9-33(3)10-22-40)43-27-15-37(16-28-43)38-17-29-44(30-18-38)48(41-23-11-34(4)12-24-41)45-31-19-39(20-32-45)46-7-2/h9-32,35,46H,6-8H2,1-5H3. The number of benzene rings is 6. The van der Waals surface area contributed by atoms with Gasteiger partial charge < -0.3 is 15.1 Å². The van der Waals surface area contributed by atoms with Crippen LogP contribution in [-0.4, -0.2) is 6.54 Å². The van der Waals surface area contributed by atoms with E-state index in [4.69, 9.17) is 0 Å². The van der Waals surface area contributed by atoms with Gasteiger partial charge in [-0.2, -0.15) is 0 Å². The normalized spacial score (nSPS) is 11.6. The predicted octanol–water partition coefficient (Wildman–Crippen LogP) is 13.2. The Hall–Kier alpha value is -5.28. The van der Waals surface area contributed by atoms with E-state index in [9.17, 15) is 0 Å². The molecule has 1 unspecified atom stereocenters. The minimum absolute atomic E-state index is 0.565. The Morgan fingerprint density at radius 3 is 1.15 bits per heavy atom. The van der Waals surface area contributed by atoms with Gasteiger partial charge in [-0.15, -0.1) is 0 Å². The first kappa shape index (κ1) is 32.7. The van der Waals surface area contributed by atoms with E-state index in [-0.39, 0.29) is 0 Å². The molecule has 3 heteroatoms. The van der Waals surface area contributed by atoms with E-state index in [0.717, 1.165) is 46.4 Å². The van der Waals surface area contributed by atoms with Crippen LogP contribution in [0.4, 0.5) is 39.8 Å². The summed E-state index contributed by atoms with van der Waals surface area (Å²) in [6.07, 6.45) is 2.40. The van der Waals surface area contributed by atoms with Crippen LogP contribution in [0.25, 0.3) is 11.1 Å². The fourth-order valence-corrected chi connectivity index (χ4v) is 6.37. The number of nitrogens with zero attached hydrogens (tertiary/aromatic N) is 2. The van der Waals surface area contributed by atoms with Gasteiger partial charge in [0.05, 0.1) is 0 Å². The van der Waals surface area contributed by atoms with Crippen LogP contribution in [0.1, 0.15) is 56.2 Å². The molecule has 0 amide bonds. The highest BCUT2D eigenvalue weighted by molar-refractivity contribution is 5.81. The fraction of sp³-hybridized carbons (Fsp3) is 0.200. The minimum atomic E-state index is 0.565. The van der Waals surface area contributed by atoms with Gasteiger partial charge >= 0.3 is 0 Å². The quantitative estimate of drug-likeness (QED) is 0.145. The summed E-state index contributed by atoms with van der Waals surface area (Å²) in [4.78, 5) is 4.66. The second kappa shape index (κ2) is 15.1. The summed E-state index contributed by atoms with van der Waals surface area (Å²) in [5.41, 5.74) is 14.3. The average molecular weight is 630 g/mol. The van der Waals surface area contributed by atoms with Crippen molar-refractivity contribution in [2.75, 3.05) is 21.7 Å². The highest BCUT2D eigenvalue weighted by Crippen LogP contribution is 2.39. The van der Waals surface area contributed by atoms with E-state index in [0.29, 0.717) is 5.92 Å². The summed E-state index contributed by atoms with van der Waals surface area (Å²) in [5, 5.41) is 3.41. The molecule has 6 rings (SSSR count). The molecule has 0 aromatic heterocycles. The topological polar surface area (TPSA) is 18.5 Å². The molecular weight excluding hydrogens is 583 g/mol. The lowest BCUT2D eigenvalue weighted by molar-refractivity contribution is 0.665. The van der Waals surface area contributed by atoms with Crippen LogP contribution in [0.2, 0.25) is 0 Å². The van der Waals surface area contributed by atoms with Gasteiger partial charge in [-0.3, -0.25) is 0 Å². The summed E-state index contributed by atoms with van der Waals surface area (Å²) in [7, 11) is 0. The SMILES string of the molecule is CCCC(C)c1ccc(N(c2ccc(C)cc2)c2ccc(-c3ccc(N(c4ccc(C)cc4)c4ccc(NCC)cc4)cc3)cc2)cc1. The van der Waals surface area contributed by atoms with Crippen molar-refractivity contribution in [3.8, 4) is 11.1 Å². The van der Waals surface area contributed by atoms with Crippen molar-refractivity contribution in [3.63, 3.8) is 0 Å². The smallest absolute Gasteiger partial charge is 0.0463 e. The van der Waals surface area contributed by atoms with Crippen molar-refractivity contribution >= 4 is 39.8 Å². The number of aryl methyl sites for hydroxylation is 2. The molecule has 0 saturated carbocycles. The van der Waals surface area contributed by atoms with Gasteiger partial charge in [0.2, 0.25) is 0 Å². The highest BCUT2D eigenvalue weighted by Gasteiger charge is 2.15. The Morgan fingerprint density at radius 1 is 0.458 bits per heavy atom. The molecule has 1 N–H and O–H groups in total. The lowest BCUT2D eigenvalue weighted by atomic mass is 9.96. The number of hydrogen-bond donors (Lipinski definition) is 1. The average Bonchev–Trinajstić information content (AvgIpc) is 3.12. The first-order valence-corrected chi connectivity index (χ1v) is 17.3. The van der Waals surface area contributed by atoms with E-state index in [1.165, 1.54) is 40.7 Å². The summed E-state index contributed by atoms with van der Waals surface area (Å²) in [6, 6.07) is 53.2. The molecule has 0 radical (unpaired) electrons. The zero-order chi connectivity index (χ0) is 33.5. The zero-order valence-corrected chi connectivity index (χ0v) is 28.9. The van der Waals surface area contributed by atoms with Gasteiger partial charge in [-0.05, 0) is 135 Å². The van der Waals surface area contributed by atoms with Crippen molar-refractivity contribution < 1.29 is 0 Å². The highest BCUT2D eigenvalue weighted by atomic mass is 15.1. The van der Waals surface area contributed by atoms with Crippen LogP contribution >= 0.6 is 0 Å². The Kier molecular flexibility index (Phi) is 10.3. The van der Waals surface area contributed by atoms with Crippen LogP contribution in [0, 0.1) is 13.8 Å². The van der Waals surface area contributed by atoms with Crippen LogP contribution in [0.5, 0.6) is 0 Å². The van der Waals surface area contributed by atoms with Crippen molar-refractivity contribution in [2.45, 2.75) is 53.4 Å². The molecule has 0 fully saturated rings. The van der Waals surface area contributed by atoms with Crippen molar-refractivity contribution in [1.82, 2.24) is 0 Å². The van der Waals surface area contributed by atoms with E-state index in [1.54, 1.807) is 0 Å². The molecular formula is C45H47N3. The van der Waals surface area contributed by atoms with Gasteiger partial charge in [-0.1, -0.05) is 92.1 Å². The molecule has 0 aliphatic heterocycles. The molecule has 0 bridgehead atoms. The van der Waals surface area contributed by atoms with Crippen LogP contribution in [0.3, 0.4) is 0 Å². The van der Waals surface area contributed by atoms with Gasteiger partial charge in [0, 0.05) is 46.4 Å². The molecule has 6 aromatic rings. The molecule has 0 saturated heterocycles. The zero-order valence-electron chi connectivity index (χ0n) is 28.9. The lowest BCUT2D eigenvalue weighted by Crippen LogP contribution is -2.10. The maximum atomic E-state index is 3.41. The van der Waals surface area contributed by atoms with Crippen LogP contribution < -0.4 is 15.1 Å². The molecule has 0 aliphatic rings. The fourth-order valence-electron chi connectivity index (χ4n) is 6.37. The van der Waals surface area contributed by atoms with E-state index in [2.05, 4.69) is 195 Å². The number of nitrogens with one attached hydrogen (secondary N) is 1. The number of rotatable bonds is 12. The molecule has 1 atom stereocenters. The Labute approximate surface area is 287 Å². The van der Waals surface area contributed by atoms with E-state index >= 15 is 0 Å². The summed E-state index contributed by atoms with van der Waals surface area (Å²) in [5.74, 6) is 0.565. The number of hydrogen-bond acceptors (Lipinski definition) is 3. The maximum Gasteiger partial charge on any atom is 0.0463 e. The molecule has 242 valence electrons. The monoisotopic (exact) mass is 629 g/mol. The molecule has 6 aromatic carbocycles. The van der Waals surface area contributed by atoms with Gasteiger partial charge in [-0.25, -0.2) is 0 Å². The minimum Gasteiger partial charge on any atom is -0.385 e. The second-order valence-corrected chi connectivity index (χ2v) is 12.8. The third-order valence-electron chi connectivity index (χ3n) is 9.12. The molecule has 0 heterocycles. The lowest BCUT2D eigenvalue weighted by Gasteiger charge is -2.27. The van der Waals surface area contributed by atoms with E-state index in [1.807, 2.05) is 0 Å². The number of anilines is 7. The Balaban J connectivity index is 1.29. The molecule has 0 spiro atoms.